The molecule has 0 aliphatic heterocycles. The van der Waals surface area contributed by atoms with E-state index in [0.29, 0.717) is 6.61 Å². The van der Waals surface area contributed by atoms with E-state index in [2.05, 4.69) is 0 Å². The molecule has 0 aliphatic carbocycles. The van der Waals surface area contributed by atoms with E-state index in [0.717, 1.165) is 0 Å². The number of nitrogens with two attached hydrogens (primary N) is 2. The summed E-state index contributed by atoms with van der Waals surface area (Å²) >= 11 is 0. The van der Waals surface area contributed by atoms with Crippen LogP contribution in [0.5, 0.6) is 0 Å². The molecule has 10 heavy (non-hydrogen) atoms. The molecule has 0 aromatic carbocycles. The zero-order valence-corrected chi connectivity index (χ0v) is 6.18. The van der Waals surface area contributed by atoms with E-state index >= 15 is 0 Å². The monoisotopic (exact) mass is 144 g/mol. The van der Waals surface area contributed by atoms with Gasteiger partial charge in [-0.15, -0.1) is 0 Å². The van der Waals surface area contributed by atoms with Gasteiger partial charge in [-0.2, -0.15) is 0 Å². The van der Waals surface area contributed by atoms with Gasteiger partial charge >= 0.3 is 0 Å². The Labute approximate surface area is 59.8 Å². The van der Waals surface area contributed by atoms with Gasteiger partial charge in [-0.05, 0) is 13.8 Å². The SMILES string of the molecule is CCO/C(N)=C(/C)C(N)=O. The van der Waals surface area contributed by atoms with Gasteiger partial charge in [-0.1, -0.05) is 0 Å². The fourth-order valence-electron chi connectivity index (χ4n) is 0.385. The van der Waals surface area contributed by atoms with E-state index in [1.54, 1.807) is 6.92 Å². The molecule has 0 fully saturated rings. The molecule has 0 rings (SSSR count). The standard InChI is InChI=1S/C6H12N2O2/c1-3-10-6(8)4(2)5(7)9/h3,8H2,1-2H3,(H2,7,9)/b6-4-. The summed E-state index contributed by atoms with van der Waals surface area (Å²) in [5.41, 5.74) is 10.5. The highest BCUT2D eigenvalue weighted by Gasteiger charge is 2.03. The van der Waals surface area contributed by atoms with Crippen LogP contribution in [0.15, 0.2) is 11.5 Å². The van der Waals surface area contributed by atoms with Crippen molar-refractivity contribution < 1.29 is 9.53 Å². The second-order valence-electron chi connectivity index (χ2n) is 1.79. The summed E-state index contributed by atoms with van der Waals surface area (Å²) in [6.45, 7) is 3.74. The molecule has 0 spiro atoms. The van der Waals surface area contributed by atoms with Gasteiger partial charge in [0.15, 0.2) is 5.88 Å². The number of rotatable bonds is 3. The first-order chi connectivity index (χ1) is 4.59. The largest absolute Gasteiger partial charge is 0.479 e. The first-order valence-electron chi connectivity index (χ1n) is 2.98. The average Bonchev–Trinajstić information content (AvgIpc) is 1.87. The van der Waals surface area contributed by atoms with Crippen molar-refractivity contribution in [1.29, 1.82) is 0 Å². The van der Waals surface area contributed by atoms with Crippen LogP contribution in [0.25, 0.3) is 0 Å². The van der Waals surface area contributed by atoms with Crippen molar-refractivity contribution in [3.8, 4) is 0 Å². The number of carbonyl (C=O) groups excluding carboxylic acids is 1. The Kier molecular flexibility index (Phi) is 3.32. The predicted octanol–water partition coefficient (Wildman–Crippen LogP) is -0.302. The Morgan fingerprint density at radius 3 is 2.30 bits per heavy atom. The molecule has 4 N–H and O–H groups in total. The number of primary amides is 1. The summed E-state index contributed by atoms with van der Waals surface area (Å²) < 4.78 is 4.82. The fourth-order valence-corrected chi connectivity index (χ4v) is 0.385. The van der Waals surface area contributed by atoms with Crippen LogP contribution >= 0.6 is 0 Å². The number of hydrogen-bond acceptors (Lipinski definition) is 3. The van der Waals surface area contributed by atoms with Gasteiger partial charge in [-0.3, -0.25) is 4.79 Å². The first-order valence-corrected chi connectivity index (χ1v) is 2.98. The van der Waals surface area contributed by atoms with E-state index in [4.69, 9.17) is 16.2 Å². The van der Waals surface area contributed by atoms with Crippen LogP contribution < -0.4 is 11.5 Å². The van der Waals surface area contributed by atoms with Crippen LogP contribution in [-0.2, 0) is 9.53 Å². The highest BCUT2D eigenvalue weighted by molar-refractivity contribution is 5.91. The minimum Gasteiger partial charge on any atom is -0.479 e. The van der Waals surface area contributed by atoms with E-state index in [-0.39, 0.29) is 11.5 Å². The van der Waals surface area contributed by atoms with Crippen LogP contribution in [0.1, 0.15) is 13.8 Å². The third-order valence-corrected chi connectivity index (χ3v) is 1.04. The normalized spacial score (nSPS) is 12.2. The molecular formula is C6H12N2O2. The molecule has 0 heterocycles. The van der Waals surface area contributed by atoms with E-state index in [1.165, 1.54) is 6.92 Å². The minimum absolute atomic E-state index is 0.106. The third kappa shape index (κ3) is 2.39. The Morgan fingerprint density at radius 2 is 2.00 bits per heavy atom. The molecule has 4 nitrogen and oxygen atoms in total. The Hall–Kier alpha value is -1.19. The number of amides is 1. The summed E-state index contributed by atoms with van der Waals surface area (Å²) in [6.07, 6.45) is 0. The third-order valence-electron chi connectivity index (χ3n) is 1.04. The Morgan fingerprint density at radius 1 is 1.50 bits per heavy atom. The molecular weight excluding hydrogens is 132 g/mol. The van der Waals surface area contributed by atoms with Gasteiger partial charge in [-0.25, -0.2) is 0 Å². The van der Waals surface area contributed by atoms with Crippen LogP contribution in [0.3, 0.4) is 0 Å². The molecule has 0 aromatic heterocycles. The zero-order valence-electron chi connectivity index (χ0n) is 6.18. The van der Waals surface area contributed by atoms with Crippen LogP contribution in [-0.4, -0.2) is 12.5 Å². The minimum atomic E-state index is -0.550. The molecule has 0 aromatic rings. The topological polar surface area (TPSA) is 78.3 Å². The molecule has 0 radical (unpaired) electrons. The van der Waals surface area contributed by atoms with Crippen molar-refractivity contribution in [3.63, 3.8) is 0 Å². The van der Waals surface area contributed by atoms with Crippen LogP contribution in [0.4, 0.5) is 0 Å². The molecule has 0 saturated carbocycles. The molecule has 0 unspecified atom stereocenters. The van der Waals surface area contributed by atoms with E-state index < -0.39 is 5.91 Å². The van der Waals surface area contributed by atoms with Crippen molar-refractivity contribution in [2.24, 2.45) is 11.5 Å². The molecule has 0 aliphatic rings. The molecule has 0 bridgehead atoms. The molecule has 1 amide bonds. The summed E-state index contributed by atoms with van der Waals surface area (Å²) in [6, 6.07) is 0. The second-order valence-corrected chi connectivity index (χ2v) is 1.79. The quantitative estimate of drug-likeness (QED) is 0.421. The molecule has 0 saturated heterocycles. The molecule has 58 valence electrons. The zero-order chi connectivity index (χ0) is 8.15. The summed E-state index contributed by atoms with van der Waals surface area (Å²) in [4.78, 5) is 10.4. The highest BCUT2D eigenvalue weighted by Crippen LogP contribution is 1.97. The lowest BCUT2D eigenvalue weighted by molar-refractivity contribution is -0.114. The summed E-state index contributed by atoms with van der Waals surface area (Å²) in [5.74, 6) is -0.444. The van der Waals surface area contributed by atoms with Gasteiger partial charge in [0.2, 0.25) is 5.91 Å². The van der Waals surface area contributed by atoms with Gasteiger partial charge in [0.25, 0.3) is 0 Å². The number of ether oxygens (including phenoxy) is 1. The molecule has 4 heteroatoms. The van der Waals surface area contributed by atoms with Crippen molar-refractivity contribution >= 4 is 5.91 Å². The smallest absolute Gasteiger partial charge is 0.249 e. The maximum atomic E-state index is 10.4. The number of hydrogen-bond donors (Lipinski definition) is 2. The maximum absolute atomic E-state index is 10.4. The van der Waals surface area contributed by atoms with Gasteiger partial charge < -0.3 is 16.2 Å². The van der Waals surface area contributed by atoms with Crippen molar-refractivity contribution in [3.05, 3.63) is 11.5 Å². The lowest BCUT2D eigenvalue weighted by Gasteiger charge is -2.03. The van der Waals surface area contributed by atoms with Crippen LogP contribution in [0, 0.1) is 0 Å². The Bertz CT molecular complexity index is 163. The second kappa shape index (κ2) is 3.76. The highest BCUT2D eigenvalue weighted by atomic mass is 16.5. The summed E-state index contributed by atoms with van der Waals surface area (Å²) in [5, 5.41) is 0. The first kappa shape index (κ1) is 8.81. The van der Waals surface area contributed by atoms with Gasteiger partial charge in [0.05, 0.1) is 12.2 Å². The van der Waals surface area contributed by atoms with Crippen molar-refractivity contribution in [2.75, 3.05) is 6.61 Å². The lowest BCUT2D eigenvalue weighted by Crippen LogP contribution is -2.18. The molecule has 0 atom stereocenters. The lowest BCUT2D eigenvalue weighted by atomic mass is 10.3. The maximum Gasteiger partial charge on any atom is 0.249 e. The number of carbonyl (C=O) groups is 1. The van der Waals surface area contributed by atoms with E-state index in [1.807, 2.05) is 0 Å². The van der Waals surface area contributed by atoms with E-state index in [9.17, 15) is 4.79 Å². The Balaban J connectivity index is 4.19. The van der Waals surface area contributed by atoms with Gasteiger partial charge in [0.1, 0.15) is 0 Å². The van der Waals surface area contributed by atoms with Crippen molar-refractivity contribution in [1.82, 2.24) is 0 Å². The van der Waals surface area contributed by atoms with Gasteiger partial charge in [0, 0.05) is 0 Å². The summed E-state index contributed by atoms with van der Waals surface area (Å²) in [7, 11) is 0. The average molecular weight is 144 g/mol. The van der Waals surface area contributed by atoms with Crippen LogP contribution in [0.2, 0.25) is 0 Å². The van der Waals surface area contributed by atoms with Crippen molar-refractivity contribution in [2.45, 2.75) is 13.8 Å². The predicted molar refractivity (Wildman–Crippen MR) is 37.7 cm³/mol. The fraction of sp³-hybridized carbons (Fsp3) is 0.500.